The second kappa shape index (κ2) is 6.17. The number of fused-ring (bicyclic) bond motifs is 1. The number of alkyl halides is 1. The molecule has 2 nitrogen and oxygen atoms in total. The number of hydrogen-bond donors (Lipinski definition) is 0. The number of ether oxygens (including phenoxy) is 2. The lowest BCUT2D eigenvalue weighted by molar-refractivity contribution is 0.171. The molecule has 0 radical (unpaired) electrons. The summed E-state index contributed by atoms with van der Waals surface area (Å²) < 4.78 is 11.3. The van der Waals surface area contributed by atoms with Crippen LogP contribution in [0.4, 0.5) is 0 Å². The zero-order chi connectivity index (χ0) is 13.1. The van der Waals surface area contributed by atoms with E-state index in [1.807, 2.05) is 0 Å². The van der Waals surface area contributed by atoms with E-state index < -0.39 is 0 Å². The van der Waals surface area contributed by atoms with Crippen LogP contribution in [0.5, 0.6) is 11.5 Å². The van der Waals surface area contributed by atoms with Gasteiger partial charge < -0.3 is 9.47 Å². The van der Waals surface area contributed by atoms with Crippen molar-refractivity contribution >= 4 is 15.9 Å². The highest BCUT2D eigenvalue weighted by Crippen LogP contribution is 2.42. The topological polar surface area (TPSA) is 18.5 Å². The molecule has 1 aliphatic carbocycles. The third-order valence-corrected chi connectivity index (χ3v) is 5.47. The van der Waals surface area contributed by atoms with Crippen molar-refractivity contribution in [2.75, 3.05) is 13.2 Å². The molecule has 0 amide bonds. The molecular formula is C16H21BrO2. The van der Waals surface area contributed by atoms with Crippen LogP contribution in [0.3, 0.4) is 0 Å². The summed E-state index contributed by atoms with van der Waals surface area (Å²) >= 11 is 3.91. The molecule has 19 heavy (non-hydrogen) atoms. The van der Waals surface area contributed by atoms with Crippen molar-refractivity contribution in [2.45, 2.75) is 43.4 Å². The van der Waals surface area contributed by atoms with Crippen molar-refractivity contribution in [1.82, 2.24) is 0 Å². The molecule has 1 aromatic rings. The summed E-state index contributed by atoms with van der Waals surface area (Å²) in [5.74, 6) is 2.54. The number of halogens is 1. The third-order valence-electron chi connectivity index (χ3n) is 4.20. The van der Waals surface area contributed by atoms with Crippen LogP contribution >= 0.6 is 15.9 Å². The predicted molar refractivity (Wildman–Crippen MR) is 80.3 cm³/mol. The molecule has 3 rings (SSSR count). The zero-order valence-electron chi connectivity index (χ0n) is 11.2. The maximum absolute atomic E-state index is 5.68. The van der Waals surface area contributed by atoms with Gasteiger partial charge in [-0.15, -0.1) is 0 Å². The summed E-state index contributed by atoms with van der Waals surface area (Å²) in [6.07, 6.45) is 8.22. The quantitative estimate of drug-likeness (QED) is 0.571. The Bertz CT molecular complexity index is 425. The molecule has 0 aromatic heterocycles. The average Bonchev–Trinajstić information content (AvgIpc) is 2.75. The molecule has 1 fully saturated rings. The van der Waals surface area contributed by atoms with E-state index in [9.17, 15) is 0 Å². The molecule has 1 atom stereocenters. The summed E-state index contributed by atoms with van der Waals surface area (Å²) in [6, 6.07) is 6.38. The van der Waals surface area contributed by atoms with Crippen molar-refractivity contribution in [3.05, 3.63) is 23.8 Å². The van der Waals surface area contributed by atoms with Crippen LogP contribution < -0.4 is 9.47 Å². The van der Waals surface area contributed by atoms with E-state index in [2.05, 4.69) is 34.1 Å². The van der Waals surface area contributed by atoms with Gasteiger partial charge in [-0.1, -0.05) is 47.7 Å². The molecule has 1 aliphatic heterocycles. The standard InChI is InChI=1S/C16H21BrO2/c17-16(12-5-3-1-2-4-6-12)13-7-8-14-15(11-13)19-10-9-18-14/h7-8,11-12,16H,1-6,9-10H2. The van der Waals surface area contributed by atoms with E-state index in [0.717, 1.165) is 17.4 Å². The highest BCUT2D eigenvalue weighted by atomic mass is 79.9. The van der Waals surface area contributed by atoms with Crippen molar-refractivity contribution < 1.29 is 9.47 Å². The van der Waals surface area contributed by atoms with E-state index in [1.165, 1.54) is 44.1 Å². The monoisotopic (exact) mass is 324 g/mol. The fourth-order valence-electron chi connectivity index (χ4n) is 3.11. The first-order valence-corrected chi connectivity index (χ1v) is 8.30. The van der Waals surface area contributed by atoms with Crippen molar-refractivity contribution in [3.8, 4) is 11.5 Å². The molecule has 0 bridgehead atoms. The van der Waals surface area contributed by atoms with Gasteiger partial charge in [0.2, 0.25) is 0 Å². The van der Waals surface area contributed by atoms with Crippen molar-refractivity contribution in [2.24, 2.45) is 5.92 Å². The van der Waals surface area contributed by atoms with Gasteiger partial charge in [0, 0.05) is 4.83 Å². The van der Waals surface area contributed by atoms with Crippen LogP contribution in [0.1, 0.15) is 48.9 Å². The molecule has 0 spiro atoms. The SMILES string of the molecule is BrC(c1ccc2c(c1)OCCO2)C1CCCCCC1. The maximum atomic E-state index is 5.68. The molecule has 1 saturated carbocycles. The van der Waals surface area contributed by atoms with Crippen LogP contribution in [0, 0.1) is 5.92 Å². The Morgan fingerprint density at radius 3 is 2.37 bits per heavy atom. The van der Waals surface area contributed by atoms with Gasteiger partial charge in [-0.3, -0.25) is 0 Å². The normalized spacial score (nSPS) is 21.7. The largest absolute Gasteiger partial charge is 0.486 e. The summed E-state index contributed by atoms with van der Waals surface area (Å²) in [6.45, 7) is 1.32. The fourth-order valence-corrected chi connectivity index (χ4v) is 3.92. The first-order chi connectivity index (χ1) is 9.34. The Balaban J connectivity index is 1.76. The lowest BCUT2D eigenvalue weighted by Crippen LogP contribution is -2.16. The van der Waals surface area contributed by atoms with Crippen LogP contribution in [0.15, 0.2) is 18.2 Å². The molecular weight excluding hydrogens is 304 g/mol. The van der Waals surface area contributed by atoms with E-state index in [0.29, 0.717) is 18.0 Å². The maximum Gasteiger partial charge on any atom is 0.161 e. The third kappa shape index (κ3) is 3.07. The fraction of sp³-hybridized carbons (Fsp3) is 0.625. The van der Waals surface area contributed by atoms with Crippen LogP contribution in [0.25, 0.3) is 0 Å². The lowest BCUT2D eigenvalue weighted by atomic mass is 9.92. The van der Waals surface area contributed by atoms with Crippen LogP contribution in [-0.4, -0.2) is 13.2 Å². The van der Waals surface area contributed by atoms with Gasteiger partial charge in [0.1, 0.15) is 13.2 Å². The molecule has 3 heteroatoms. The van der Waals surface area contributed by atoms with Crippen LogP contribution in [0.2, 0.25) is 0 Å². The molecule has 104 valence electrons. The molecule has 0 N–H and O–H groups in total. The molecule has 1 heterocycles. The second-order valence-corrected chi connectivity index (χ2v) is 6.54. The highest BCUT2D eigenvalue weighted by Gasteiger charge is 2.23. The predicted octanol–water partition coefficient (Wildman–Crippen LogP) is 4.86. The number of rotatable bonds is 2. The Morgan fingerprint density at radius 1 is 0.947 bits per heavy atom. The average molecular weight is 325 g/mol. The summed E-state index contributed by atoms with van der Waals surface area (Å²) in [5.41, 5.74) is 1.33. The Morgan fingerprint density at radius 2 is 1.63 bits per heavy atom. The number of hydrogen-bond acceptors (Lipinski definition) is 2. The zero-order valence-corrected chi connectivity index (χ0v) is 12.8. The van der Waals surface area contributed by atoms with Gasteiger partial charge in [0.25, 0.3) is 0 Å². The highest BCUT2D eigenvalue weighted by molar-refractivity contribution is 9.09. The van der Waals surface area contributed by atoms with E-state index in [1.54, 1.807) is 0 Å². The van der Waals surface area contributed by atoms with E-state index in [-0.39, 0.29) is 0 Å². The van der Waals surface area contributed by atoms with Crippen LogP contribution in [-0.2, 0) is 0 Å². The molecule has 2 aliphatic rings. The minimum absolute atomic E-state index is 0.446. The first kappa shape index (κ1) is 13.3. The smallest absolute Gasteiger partial charge is 0.161 e. The van der Waals surface area contributed by atoms with Gasteiger partial charge in [-0.25, -0.2) is 0 Å². The van der Waals surface area contributed by atoms with Gasteiger partial charge in [-0.05, 0) is 36.5 Å². The summed E-state index contributed by atoms with van der Waals surface area (Å²) in [4.78, 5) is 0.446. The van der Waals surface area contributed by atoms with Gasteiger partial charge in [0.15, 0.2) is 11.5 Å². The second-order valence-electron chi connectivity index (χ2n) is 5.56. The molecule has 1 unspecified atom stereocenters. The first-order valence-electron chi connectivity index (χ1n) is 7.38. The Hall–Kier alpha value is -0.700. The molecule has 0 saturated heterocycles. The van der Waals surface area contributed by atoms with Crippen molar-refractivity contribution in [1.29, 1.82) is 0 Å². The number of benzene rings is 1. The minimum atomic E-state index is 0.446. The lowest BCUT2D eigenvalue weighted by Gasteiger charge is -2.24. The minimum Gasteiger partial charge on any atom is -0.486 e. The van der Waals surface area contributed by atoms with E-state index in [4.69, 9.17) is 9.47 Å². The molecule has 1 aromatic carbocycles. The van der Waals surface area contributed by atoms with Gasteiger partial charge in [-0.2, -0.15) is 0 Å². The van der Waals surface area contributed by atoms with E-state index >= 15 is 0 Å². The van der Waals surface area contributed by atoms with Gasteiger partial charge >= 0.3 is 0 Å². The Labute approximate surface area is 123 Å². The van der Waals surface area contributed by atoms with Crippen molar-refractivity contribution in [3.63, 3.8) is 0 Å². The van der Waals surface area contributed by atoms with Gasteiger partial charge in [0.05, 0.1) is 0 Å². The summed E-state index contributed by atoms with van der Waals surface area (Å²) in [5, 5.41) is 0. The Kier molecular flexibility index (Phi) is 4.31. The summed E-state index contributed by atoms with van der Waals surface area (Å²) in [7, 11) is 0.